The lowest BCUT2D eigenvalue weighted by Gasteiger charge is -2.22. The van der Waals surface area contributed by atoms with Crippen LogP contribution in [-0.4, -0.2) is 76.8 Å². The lowest BCUT2D eigenvalue weighted by molar-refractivity contribution is -0.176. The van der Waals surface area contributed by atoms with Gasteiger partial charge in [-0.25, -0.2) is 9.59 Å². The lowest BCUT2D eigenvalue weighted by Crippen LogP contribution is -2.40. The first-order valence-electron chi connectivity index (χ1n) is 11.0. The molecule has 0 bridgehead atoms. The minimum absolute atomic E-state index is 0.369. The van der Waals surface area contributed by atoms with Crippen LogP contribution in [0.15, 0.2) is 48.5 Å². The smallest absolute Gasteiger partial charge is 0.417 e. The summed E-state index contributed by atoms with van der Waals surface area (Å²) in [6.45, 7) is 1.69. The number of benzene rings is 2. The van der Waals surface area contributed by atoms with E-state index >= 15 is 0 Å². The molecule has 2 aliphatic rings. The van der Waals surface area contributed by atoms with Crippen molar-refractivity contribution < 1.29 is 38.0 Å². The Labute approximate surface area is 197 Å². The quantitative estimate of drug-likeness (QED) is 0.425. The van der Waals surface area contributed by atoms with Crippen molar-refractivity contribution in [3.8, 4) is 23.0 Å². The van der Waals surface area contributed by atoms with Crippen molar-refractivity contribution in [2.45, 2.75) is 24.4 Å². The summed E-state index contributed by atoms with van der Waals surface area (Å²) >= 11 is 0. The van der Waals surface area contributed by atoms with Crippen molar-refractivity contribution >= 4 is 11.9 Å². The Balaban J connectivity index is 1.28. The van der Waals surface area contributed by atoms with Crippen LogP contribution in [0.1, 0.15) is 0 Å². The number of methoxy groups -OCH3 is 2. The lowest BCUT2D eigenvalue weighted by atomic mass is 10.2. The molecule has 2 saturated heterocycles. The van der Waals surface area contributed by atoms with E-state index in [1.807, 2.05) is 0 Å². The normalized spacial score (nSPS) is 23.7. The SMILES string of the molecule is COc1ccc(OC2CNCC2OC(=O)C(=O)OC2CNCC2Oc2ccc(OC)cc2)cc1. The van der Waals surface area contributed by atoms with Crippen molar-refractivity contribution in [1.82, 2.24) is 10.6 Å². The van der Waals surface area contributed by atoms with Gasteiger partial charge >= 0.3 is 11.9 Å². The third kappa shape index (κ3) is 5.89. The summed E-state index contributed by atoms with van der Waals surface area (Å²) < 4.78 is 32.9. The van der Waals surface area contributed by atoms with Gasteiger partial charge in [0.15, 0.2) is 12.2 Å². The number of carbonyl (C=O) groups excluding carboxylic acids is 2. The molecular weight excluding hydrogens is 444 g/mol. The zero-order valence-corrected chi connectivity index (χ0v) is 19.0. The molecule has 0 amide bonds. The van der Waals surface area contributed by atoms with Gasteiger partial charge < -0.3 is 39.1 Å². The maximum absolute atomic E-state index is 12.4. The average Bonchev–Trinajstić information content (AvgIpc) is 3.49. The van der Waals surface area contributed by atoms with E-state index in [0.717, 1.165) is 0 Å². The molecule has 4 rings (SSSR count). The van der Waals surface area contributed by atoms with Crippen LogP contribution in [0.4, 0.5) is 0 Å². The molecule has 2 aliphatic heterocycles. The van der Waals surface area contributed by atoms with Gasteiger partial charge in [-0.1, -0.05) is 0 Å². The van der Waals surface area contributed by atoms with E-state index in [1.54, 1.807) is 62.8 Å². The Morgan fingerprint density at radius 3 is 1.26 bits per heavy atom. The molecule has 182 valence electrons. The number of rotatable bonds is 8. The predicted molar refractivity (Wildman–Crippen MR) is 120 cm³/mol. The van der Waals surface area contributed by atoms with Crippen LogP contribution in [0.25, 0.3) is 0 Å². The van der Waals surface area contributed by atoms with Gasteiger partial charge in [0.1, 0.15) is 35.2 Å². The summed E-state index contributed by atoms with van der Waals surface area (Å²) in [6, 6.07) is 14.2. The second kappa shape index (κ2) is 11.1. The first kappa shape index (κ1) is 23.7. The molecule has 34 heavy (non-hydrogen) atoms. The van der Waals surface area contributed by atoms with Crippen molar-refractivity contribution in [3.63, 3.8) is 0 Å². The van der Waals surface area contributed by atoms with Gasteiger partial charge in [0.2, 0.25) is 0 Å². The number of nitrogens with one attached hydrogen (secondary N) is 2. The highest BCUT2D eigenvalue weighted by molar-refractivity contribution is 6.29. The predicted octanol–water partition coefficient (Wildman–Crippen LogP) is 0.929. The van der Waals surface area contributed by atoms with Crippen LogP contribution >= 0.6 is 0 Å². The standard InChI is InChI=1S/C24H28N2O8/c1-29-15-3-7-17(8-4-15)31-19-11-25-13-21(19)33-23(27)24(28)34-22-14-26-12-20(22)32-18-9-5-16(30-2)6-10-18/h3-10,19-22,25-26H,11-14H2,1-2H3. The Bertz CT molecular complexity index is 886. The highest BCUT2D eigenvalue weighted by Gasteiger charge is 2.38. The van der Waals surface area contributed by atoms with Gasteiger partial charge in [-0.15, -0.1) is 0 Å². The highest BCUT2D eigenvalue weighted by Crippen LogP contribution is 2.22. The van der Waals surface area contributed by atoms with Crippen molar-refractivity contribution in [1.29, 1.82) is 0 Å². The minimum atomic E-state index is -1.06. The summed E-state index contributed by atoms with van der Waals surface area (Å²) in [7, 11) is 3.17. The monoisotopic (exact) mass is 472 g/mol. The first-order chi connectivity index (χ1) is 16.6. The van der Waals surface area contributed by atoms with E-state index in [9.17, 15) is 9.59 Å². The van der Waals surface area contributed by atoms with Gasteiger partial charge in [0.05, 0.1) is 14.2 Å². The minimum Gasteiger partial charge on any atom is -0.497 e. The summed E-state index contributed by atoms with van der Waals surface area (Å²) in [5, 5.41) is 6.21. The first-order valence-corrected chi connectivity index (χ1v) is 11.0. The Morgan fingerprint density at radius 2 is 0.912 bits per heavy atom. The number of carbonyl (C=O) groups is 2. The van der Waals surface area contributed by atoms with Crippen LogP contribution in [0, 0.1) is 0 Å². The molecular formula is C24H28N2O8. The third-order valence-corrected chi connectivity index (χ3v) is 5.59. The van der Waals surface area contributed by atoms with E-state index in [4.69, 9.17) is 28.4 Å². The maximum Gasteiger partial charge on any atom is 0.417 e. The number of hydrogen-bond acceptors (Lipinski definition) is 10. The van der Waals surface area contributed by atoms with Crippen molar-refractivity contribution in [2.75, 3.05) is 40.4 Å². The van der Waals surface area contributed by atoms with Gasteiger partial charge in [-0.2, -0.15) is 0 Å². The van der Waals surface area contributed by atoms with Crippen molar-refractivity contribution in [3.05, 3.63) is 48.5 Å². The fourth-order valence-electron chi connectivity index (χ4n) is 3.76. The zero-order chi connectivity index (χ0) is 23.9. The van der Waals surface area contributed by atoms with Gasteiger partial charge in [0.25, 0.3) is 0 Å². The second-order valence-electron chi connectivity index (χ2n) is 7.87. The highest BCUT2D eigenvalue weighted by atomic mass is 16.6. The van der Waals surface area contributed by atoms with Gasteiger partial charge in [0, 0.05) is 26.2 Å². The largest absolute Gasteiger partial charge is 0.497 e. The Morgan fingerprint density at radius 1 is 0.588 bits per heavy atom. The molecule has 10 nitrogen and oxygen atoms in total. The molecule has 10 heteroatoms. The molecule has 0 spiro atoms. The molecule has 0 aromatic heterocycles. The van der Waals surface area contributed by atoms with Crippen LogP contribution in [0.5, 0.6) is 23.0 Å². The van der Waals surface area contributed by atoms with E-state index in [0.29, 0.717) is 49.2 Å². The fourth-order valence-corrected chi connectivity index (χ4v) is 3.76. The van der Waals surface area contributed by atoms with E-state index < -0.39 is 36.4 Å². The van der Waals surface area contributed by atoms with E-state index in [2.05, 4.69) is 10.6 Å². The van der Waals surface area contributed by atoms with Crippen LogP contribution < -0.4 is 29.6 Å². The van der Waals surface area contributed by atoms with E-state index in [1.165, 1.54) is 0 Å². The summed E-state index contributed by atoms with van der Waals surface area (Å²) in [5.74, 6) is 0.498. The molecule has 2 fully saturated rings. The molecule has 2 aromatic carbocycles. The molecule has 2 N–H and O–H groups in total. The summed E-state index contributed by atoms with van der Waals surface area (Å²) in [6.07, 6.45) is -2.14. The molecule has 4 unspecified atom stereocenters. The molecule has 0 saturated carbocycles. The Kier molecular flexibility index (Phi) is 7.71. The number of hydrogen-bond donors (Lipinski definition) is 2. The summed E-state index contributed by atoms with van der Waals surface area (Å²) in [4.78, 5) is 24.9. The van der Waals surface area contributed by atoms with Crippen LogP contribution in [-0.2, 0) is 19.1 Å². The van der Waals surface area contributed by atoms with Gasteiger partial charge in [-0.05, 0) is 48.5 Å². The topological polar surface area (TPSA) is 114 Å². The maximum atomic E-state index is 12.4. The fraction of sp³-hybridized carbons (Fsp3) is 0.417. The van der Waals surface area contributed by atoms with Gasteiger partial charge in [-0.3, -0.25) is 0 Å². The molecule has 0 aliphatic carbocycles. The molecule has 4 atom stereocenters. The zero-order valence-electron chi connectivity index (χ0n) is 19.0. The molecule has 2 heterocycles. The van der Waals surface area contributed by atoms with Crippen LogP contribution in [0.2, 0.25) is 0 Å². The van der Waals surface area contributed by atoms with Crippen molar-refractivity contribution in [2.24, 2.45) is 0 Å². The molecule has 2 aromatic rings. The van der Waals surface area contributed by atoms with Crippen LogP contribution in [0.3, 0.4) is 0 Å². The average molecular weight is 472 g/mol. The third-order valence-electron chi connectivity index (χ3n) is 5.59. The Hall–Kier alpha value is -3.50. The number of ether oxygens (including phenoxy) is 6. The summed E-state index contributed by atoms with van der Waals surface area (Å²) in [5.41, 5.74) is 0. The molecule has 0 radical (unpaired) electrons. The second-order valence-corrected chi connectivity index (χ2v) is 7.87. The number of esters is 2. The van der Waals surface area contributed by atoms with E-state index in [-0.39, 0.29) is 0 Å².